The first-order valence-corrected chi connectivity index (χ1v) is 8.79. The molecular weight excluding hydrogens is 256 g/mol. The van der Waals surface area contributed by atoms with Gasteiger partial charge in [-0.15, -0.1) is 0 Å². The van der Waals surface area contributed by atoms with E-state index < -0.39 is 0 Å². The quantitative estimate of drug-likeness (QED) is 0.909. The molecule has 1 aromatic carbocycles. The van der Waals surface area contributed by atoms with Crippen LogP contribution in [-0.4, -0.2) is 37.6 Å². The maximum atomic E-state index is 3.55. The smallest absolute Gasteiger partial charge is 0.00927 e. The van der Waals surface area contributed by atoms with Gasteiger partial charge in [0.1, 0.15) is 0 Å². The van der Waals surface area contributed by atoms with Crippen LogP contribution in [0.1, 0.15) is 50.0 Å². The molecular formula is C19H30N2. The minimum Gasteiger partial charge on any atom is -0.316 e. The SMILES string of the molecule is CN(CC1CCCNC1)C1CCC(c2ccccc2)CC1. The van der Waals surface area contributed by atoms with Crippen molar-refractivity contribution in [1.82, 2.24) is 10.2 Å². The van der Waals surface area contributed by atoms with Gasteiger partial charge in [-0.1, -0.05) is 30.3 Å². The van der Waals surface area contributed by atoms with Crippen molar-refractivity contribution in [3.8, 4) is 0 Å². The van der Waals surface area contributed by atoms with Crippen LogP contribution in [0.3, 0.4) is 0 Å². The molecule has 0 spiro atoms. The Balaban J connectivity index is 1.46. The summed E-state index contributed by atoms with van der Waals surface area (Å²) < 4.78 is 0. The topological polar surface area (TPSA) is 15.3 Å². The van der Waals surface area contributed by atoms with E-state index >= 15 is 0 Å². The van der Waals surface area contributed by atoms with Crippen LogP contribution in [0.2, 0.25) is 0 Å². The zero-order valence-corrected chi connectivity index (χ0v) is 13.4. The largest absolute Gasteiger partial charge is 0.316 e. The molecule has 2 fully saturated rings. The minimum absolute atomic E-state index is 0.798. The first-order chi connectivity index (χ1) is 10.3. The standard InChI is InChI=1S/C19H30N2/c1-21(15-16-6-5-13-20-14-16)19-11-9-18(10-12-19)17-7-3-2-4-8-17/h2-4,7-8,16,18-20H,5-6,9-15H2,1H3. The highest BCUT2D eigenvalue weighted by molar-refractivity contribution is 5.20. The predicted molar refractivity (Wildman–Crippen MR) is 89.7 cm³/mol. The maximum absolute atomic E-state index is 3.55. The van der Waals surface area contributed by atoms with E-state index in [0.29, 0.717) is 0 Å². The summed E-state index contributed by atoms with van der Waals surface area (Å²) in [6.45, 7) is 3.74. The lowest BCUT2D eigenvalue weighted by Gasteiger charge is -2.37. The highest BCUT2D eigenvalue weighted by Crippen LogP contribution is 2.34. The molecule has 1 N–H and O–H groups in total. The third kappa shape index (κ3) is 4.08. The molecule has 1 saturated carbocycles. The number of rotatable bonds is 4. The van der Waals surface area contributed by atoms with Crippen LogP contribution in [0.5, 0.6) is 0 Å². The summed E-state index contributed by atoms with van der Waals surface area (Å²) >= 11 is 0. The van der Waals surface area contributed by atoms with E-state index in [1.807, 2.05) is 0 Å². The molecule has 1 atom stereocenters. The highest BCUT2D eigenvalue weighted by Gasteiger charge is 2.26. The van der Waals surface area contributed by atoms with Crippen molar-refractivity contribution in [1.29, 1.82) is 0 Å². The molecule has 0 amide bonds. The predicted octanol–water partition coefficient (Wildman–Crippen LogP) is 3.64. The van der Waals surface area contributed by atoms with Gasteiger partial charge >= 0.3 is 0 Å². The van der Waals surface area contributed by atoms with E-state index in [1.54, 1.807) is 5.56 Å². The van der Waals surface area contributed by atoms with E-state index in [2.05, 4.69) is 47.6 Å². The Bertz CT molecular complexity index is 403. The molecule has 21 heavy (non-hydrogen) atoms. The monoisotopic (exact) mass is 286 g/mol. The number of nitrogens with one attached hydrogen (secondary N) is 1. The average Bonchev–Trinajstić information content (AvgIpc) is 2.57. The highest BCUT2D eigenvalue weighted by atomic mass is 15.1. The zero-order chi connectivity index (χ0) is 14.5. The van der Waals surface area contributed by atoms with Gasteiger partial charge in [-0.2, -0.15) is 0 Å². The zero-order valence-electron chi connectivity index (χ0n) is 13.4. The molecule has 2 heteroatoms. The van der Waals surface area contributed by atoms with Crippen LogP contribution in [0.15, 0.2) is 30.3 Å². The second kappa shape index (κ2) is 7.42. The number of hydrogen-bond acceptors (Lipinski definition) is 2. The maximum Gasteiger partial charge on any atom is 0.00927 e. The third-order valence-corrected chi connectivity index (χ3v) is 5.54. The van der Waals surface area contributed by atoms with Gasteiger partial charge in [-0.05, 0) is 76.1 Å². The van der Waals surface area contributed by atoms with E-state index in [0.717, 1.165) is 17.9 Å². The minimum atomic E-state index is 0.798. The Morgan fingerprint density at radius 2 is 1.81 bits per heavy atom. The molecule has 2 nitrogen and oxygen atoms in total. The Morgan fingerprint density at radius 1 is 1.05 bits per heavy atom. The van der Waals surface area contributed by atoms with Crippen LogP contribution in [0, 0.1) is 5.92 Å². The molecule has 1 aliphatic carbocycles. The number of nitrogens with zero attached hydrogens (tertiary/aromatic N) is 1. The summed E-state index contributed by atoms with van der Waals surface area (Å²) in [5.41, 5.74) is 1.55. The second-order valence-electron chi connectivity index (χ2n) is 7.07. The third-order valence-electron chi connectivity index (χ3n) is 5.54. The fourth-order valence-corrected chi connectivity index (χ4v) is 4.21. The van der Waals surface area contributed by atoms with E-state index in [1.165, 1.54) is 58.2 Å². The molecule has 1 aliphatic heterocycles. The first kappa shape index (κ1) is 15.1. The Labute approximate surface area is 129 Å². The summed E-state index contributed by atoms with van der Waals surface area (Å²) in [5.74, 6) is 1.67. The van der Waals surface area contributed by atoms with E-state index in [-0.39, 0.29) is 0 Å². The molecule has 1 heterocycles. The van der Waals surface area contributed by atoms with Crippen molar-refractivity contribution in [2.45, 2.75) is 50.5 Å². The van der Waals surface area contributed by atoms with E-state index in [9.17, 15) is 0 Å². The number of piperidine rings is 1. The van der Waals surface area contributed by atoms with Crippen molar-refractivity contribution in [2.24, 2.45) is 5.92 Å². The number of benzene rings is 1. The average molecular weight is 286 g/mol. The Kier molecular flexibility index (Phi) is 5.32. The van der Waals surface area contributed by atoms with Crippen molar-refractivity contribution in [3.63, 3.8) is 0 Å². The molecule has 0 radical (unpaired) electrons. The van der Waals surface area contributed by atoms with Crippen LogP contribution in [-0.2, 0) is 0 Å². The molecule has 116 valence electrons. The van der Waals surface area contributed by atoms with Gasteiger partial charge in [-0.25, -0.2) is 0 Å². The van der Waals surface area contributed by atoms with Crippen LogP contribution >= 0.6 is 0 Å². The molecule has 0 aromatic heterocycles. The summed E-state index contributed by atoms with van der Waals surface area (Å²) in [5, 5.41) is 3.55. The lowest BCUT2D eigenvalue weighted by Crippen LogP contribution is -2.42. The molecule has 0 bridgehead atoms. The van der Waals surface area contributed by atoms with Crippen LogP contribution in [0.4, 0.5) is 0 Å². The summed E-state index contributed by atoms with van der Waals surface area (Å²) in [6.07, 6.45) is 8.24. The van der Waals surface area contributed by atoms with Gasteiger partial charge in [0, 0.05) is 12.6 Å². The van der Waals surface area contributed by atoms with E-state index in [4.69, 9.17) is 0 Å². The number of hydrogen-bond donors (Lipinski definition) is 1. The Morgan fingerprint density at radius 3 is 2.48 bits per heavy atom. The summed E-state index contributed by atoms with van der Waals surface area (Å²) in [6, 6.07) is 11.9. The van der Waals surface area contributed by atoms with Crippen molar-refractivity contribution >= 4 is 0 Å². The van der Waals surface area contributed by atoms with Gasteiger partial charge in [0.2, 0.25) is 0 Å². The van der Waals surface area contributed by atoms with Crippen molar-refractivity contribution in [2.75, 3.05) is 26.7 Å². The van der Waals surface area contributed by atoms with Crippen LogP contribution < -0.4 is 5.32 Å². The lowest BCUT2D eigenvalue weighted by atomic mass is 9.81. The first-order valence-electron chi connectivity index (χ1n) is 8.79. The fraction of sp³-hybridized carbons (Fsp3) is 0.684. The summed E-state index contributed by atoms with van der Waals surface area (Å²) in [4.78, 5) is 2.65. The lowest BCUT2D eigenvalue weighted by molar-refractivity contribution is 0.149. The molecule has 2 aliphatic rings. The van der Waals surface area contributed by atoms with Gasteiger partial charge < -0.3 is 10.2 Å². The fourth-order valence-electron chi connectivity index (χ4n) is 4.21. The molecule has 1 aromatic rings. The van der Waals surface area contributed by atoms with Crippen molar-refractivity contribution < 1.29 is 0 Å². The van der Waals surface area contributed by atoms with Gasteiger partial charge in [0.05, 0.1) is 0 Å². The van der Waals surface area contributed by atoms with Crippen molar-refractivity contribution in [3.05, 3.63) is 35.9 Å². The van der Waals surface area contributed by atoms with Gasteiger partial charge in [0.15, 0.2) is 0 Å². The Hall–Kier alpha value is -0.860. The summed E-state index contributed by atoms with van der Waals surface area (Å²) in [7, 11) is 2.35. The molecule has 3 rings (SSSR count). The van der Waals surface area contributed by atoms with Gasteiger partial charge in [-0.3, -0.25) is 0 Å². The van der Waals surface area contributed by atoms with Crippen LogP contribution in [0.25, 0.3) is 0 Å². The molecule has 1 unspecified atom stereocenters. The molecule has 1 saturated heterocycles. The normalized spacial score (nSPS) is 30.5. The van der Waals surface area contributed by atoms with Gasteiger partial charge in [0.25, 0.3) is 0 Å². The second-order valence-corrected chi connectivity index (χ2v) is 7.07.